The van der Waals surface area contributed by atoms with Crippen molar-refractivity contribution in [2.45, 2.75) is 33.2 Å². The van der Waals surface area contributed by atoms with E-state index in [1.807, 2.05) is 19.9 Å². The van der Waals surface area contributed by atoms with Gasteiger partial charge in [-0.2, -0.15) is 0 Å². The van der Waals surface area contributed by atoms with Crippen LogP contribution >= 0.6 is 0 Å². The van der Waals surface area contributed by atoms with Crippen molar-refractivity contribution in [3.63, 3.8) is 0 Å². The van der Waals surface area contributed by atoms with Crippen LogP contribution in [0.4, 0.5) is 0 Å². The van der Waals surface area contributed by atoms with E-state index in [2.05, 4.69) is 17.6 Å². The van der Waals surface area contributed by atoms with Gasteiger partial charge in [-0.3, -0.25) is 4.79 Å². The number of hydrogen-bond donors (Lipinski definition) is 2. The fourth-order valence-electron chi connectivity index (χ4n) is 1.65. The molecule has 0 aromatic carbocycles. The summed E-state index contributed by atoms with van der Waals surface area (Å²) >= 11 is 0. The molecule has 1 aliphatic heterocycles. The molecule has 1 rings (SSSR count). The third-order valence-corrected chi connectivity index (χ3v) is 2.60. The third kappa shape index (κ3) is 3.14. The van der Waals surface area contributed by atoms with E-state index in [0.717, 1.165) is 13.0 Å². The molecule has 14 heavy (non-hydrogen) atoms. The van der Waals surface area contributed by atoms with E-state index >= 15 is 0 Å². The molecule has 2 N–H and O–H groups in total. The second-order valence-corrected chi connectivity index (χ2v) is 4.22. The quantitative estimate of drug-likeness (QED) is 0.663. The Hall–Kier alpha value is -0.830. The molecular formula is C11H20N2O. The van der Waals surface area contributed by atoms with Gasteiger partial charge >= 0.3 is 0 Å². The number of rotatable bonds is 3. The highest BCUT2D eigenvalue weighted by atomic mass is 16.2. The van der Waals surface area contributed by atoms with Crippen LogP contribution in [-0.2, 0) is 4.79 Å². The molecule has 3 nitrogen and oxygen atoms in total. The van der Waals surface area contributed by atoms with Crippen LogP contribution in [0.25, 0.3) is 0 Å². The third-order valence-electron chi connectivity index (χ3n) is 2.60. The van der Waals surface area contributed by atoms with Crippen molar-refractivity contribution < 1.29 is 4.79 Å². The zero-order chi connectivity index (χ0) is 10.6. The Morgan fingerprint density at radius 3 is 2.79 bits per heavy atom. The minimum Gasteiger partial charge on any atom is -0.351 e. The molecule has 1 fully saturated rings. The lowest BCUT2D eigenvalue weighted by atomic mass is 10.0. The zero-order valence-corrected chi connectivity index (χ0v) is 9.26. The SMILES string of the molecule is CC(C)=CCNC(=O)C1NCCC1C. The summed E-state index contributed by atoms with van der Waals surface area (Å²) in [6.45, 7) is 7.78. The lowest BCUT2D eigenvalue weighted by Gasteiger charge is -2.14. The van der Waals surface area contributed by atoms with Crippen LogP contribution in [0.1, 0.15) is 27.2 Å². The zero-order valence-electron chi connectivity index (χ0n) is 9.26. The van der Waals surface area contributed by atoms with Crippen molar-refractivity contribution in [3.05, 3.63) is 11.6 Å². The Bertz CT molecular complexity index is 231. The summed E-state index contributed by atoms with van der Waals surface area (Å²) in [6, 6.07) is 0.0144. The van der Waals surface area contributed by atoms with Crippen molar-refractivity contribution >= 4 is 5.91 Å². The molecule has 0 aromatic heterocycles. The van der Waals surface area contributed by atoms with Crippen LogP contribution in [0, 0.1) is 5.92 Å². The maximum atomic E-state index is 11.6. The summed E-state index contributed by atoms with van der Waals surface area (Å²) < 4.78 is 0. The van der Waals surface area contributed by atoms with Crippen LogP contribution in [0.3, 0.4) is 0 Å². The highest BCUT2D eigenvalue weighted by molar-refractivity contribution is 5.82. The molecule has 3 heteroatoms. The largest absolute Gasteiger partial charge is 0.351 e. The Labute approximate surface area is 86.0 Å². The van der Waals surface area contributed by atoms with Crippen LogP contribution in [0.15, 0.2) is 11.6 Å². The van der Waals surface area contributed by atoms with Crippen molar-refractivity contribution in [2.24, 2.45) is 5.92 Å². The smallest absolute Gasteiger partial charge is 0.237 e. The van der Waals surface area contributed by atoms with E-state index < -0.39 is 0 Å². The van der Waals surface area contributed by atoms with Crippen molar-refractivity contribution in [1.82, 2.24) is 10.6 Å². The monoisotopic (exact) mass is 196 g/mol. The highest BCUT2D eigenvalue weighted by Gasteiger charge is 2.28. The summed E-state index contributed by atoms with van der Waals surface area (Å²) in [5.41, 5.74) is 1.23. The number of amides is 1. The highest BCUT2D eigenvalue weighted by Crippen LogP contribution is 2.13. The van der Waals surface area contributed by atoms with Crippen molar-refractivity contribution in [2.75, 3.05) is 13.1 Å². The Morgan fingerprint density at radius 2 is 2.29 bits per heavy atom. The minimum atomic E-state index is 0.0144. The fraction of sp³-hybridized carbons (Fsp3) is 0.727. The van der Waals surface area contributed by atoms with Gasteiger partial charge in [-0.25, -0.2) is 0 Å². The van der Waals surface area contributed by atoms with Crippen LogP contribution in [0.5, 0.6) is 0 Å². The summed E-state index contributed by atoms with van der Waals surface area (Å²) in [5, 5.41) is 6.12. The maximum absolute atomic E-state index is 11.6. The molecular weight excluding hydrogens is 176 g/mol. The molecule has 1 aliphatic rings. The van der Waals surface area contributed by atoms with Gasteiger partial charge in [-0.15, -0.1) is 0 Å². The Kier molecular flexibility index (Phi) is 4.14. The molecule has 1 amide bonds. The molecule has 0 saturated carbocycles. The second kappa shape index (κ2) is 5.15. The molecule has 0 radical (unpaired) electrons. The van der Waals surface area contributed by atoms with Crippen molar-refractivity contribution in [3.8, 4) is 0 Å². The van der Waals surface area contributed by atoms with Gasteiger partial charge in [0, 0.05) is 6.54 Å². The number of carbonyl (C=O) groups excluding carboxylic acids is 1. The van der Waals surface area contributed by atoms with Crippen LogP contribution < -0.4 is 10.6 Å². The lowest BCUT2D eigenvalue weighted by Crippen LogP contribution is -2.43. The summed E-state index contributed by atoms with van der Waals surface area (Å²) in [6.07, 6.45) is 3.12. The molecule has 0 spiro atoms. The van der Waals surface area contributed by atoms with E-state index in [1.165, 1.54) is 5.57 Å². The van der Waals surface area contributed by atoms with E-state index in [4.69, 9.17) is 0 Å². The average molecular weight is 196 g/mol. The van der Waals surface area contributed by atoms with E-state index in [-0.39, 0.29) is 11.9 Å². The van der Waals surface area contributed by atoms with Gasteiger partial charge in [0.05, 0.1) is 6.04 Å². The maximum Gasteiger partial charge on any atom is 0.237 e. The average Bonchev–Trinajstić information content (AvgIpc) is 2.50. The minimum absolute atomic E-state index is 0.0144. The standard InChI is InChI=1S/C11H20N2O/c1-8(2)4-6-13-11(14)10-9(3)5-7-12-10/h4,9-10,12H,5-7H2,1-3H3,(H,13,14). The van der Waals surface area contributed by atoms with Crippen LogP contribution in [-0.4, -0.2) is 25.0 Å². The molecule has 0 aliphatic carbocycles. The first-order valence-corrected chi connectivity index (χ1v) is 5.25. The molecule has 2 atom stereocenters. The predicted molar refractivity (Wildman–Crippen MR) is 58.0 cm³/mol. The molecule has 2 unspecified atom stereocenters. The number of carbonyl (C=O) groups is 1. The van der Waals surface area contributed by atoms with Crippen LogP contribution in [0.2, 0.25) is 0 Å². The van der Waals surface area contributed by atoms with Gasteiger partial charge in [0.1, 0.15) is 0 Å². The first kappa shape index (κ1) is 11.2. The molecule has 0 bridgehead atoms. The van der Waals surface area contributed by atoms with E-state index in [9.17, 15) is 4.79 Å². The number of allylic oxidation sites excluding steroid dienone is 1. The number of nitrogens with one attached hydrogen (secondary N) is 2. The lowest BCUT2D eigenvalue weighted by molar-refractivity contribution is -0.123. The summed E-state index contributed by atoms with van der Waals surface area (Å²) in [7, 11) is 0. The van der Waals surface area contributed by atoms with Crippen molar-refractivity contribution in [1.29, 1.82) is 0 Å². The first-order chi connectivity index (χ1) is 6.61. The van der Waals surface area contributed by atoms with E-state index in [1.54, 1.807) is 0 Å². The predicted octanol–water partition coefficient (Wildman–Crippen LogP) is 1.07. The van der Waals surface area contributed by atoms with Gasteiger partial charge in [0.25, 0.3) is 0 Å². The van der Waals surface area contributed by atoms with Gasteiger partial charge in [-0.1, -0.05) is 18.6 Å². The fourth-order valence-corrected chi connectivity index (χ4v) is 1.65. The van der Waals surface area contributed by atoms with E-state index in [0.29, 0.717) is 12.5 Å². The first-order valence-electron chi connectivity index (χ1n) is 5.25. The Balaban J connectivity index is 2.31. The van der Waals surface area contributed by atoms with Gasteiger partial charge in [0.2, 0.25) is 5.91 Å². The second-order valence-electron chi connectivity index (χ2n) is 4.22. The molecule has 1 heterocycles. The van der Waals surface area contributed by atoms with Gasteiger partial charge in [0.15, 0.2) is 0 Å². The molecule has 0 aromatic rings. The molecule has 1 saturated heterocycles. The normalized spacial score (nSPS) is 25.9. The summed E-state index contributed by atoms with van der Waals surface area (Å²) in [4.78, 5) is 11.6. The van der Waals surface area contributed by atoms with Gasteiger partial charge < -0.3 is 10.6 Å². The number of hydrogen-bond acceptors (Lipinski definition) is 2. The topological polar surface area (TPSA) is 41.1 Å². The molecule has 80 valence electrons. The Morgan fingerprint density at radius 1 is 1.57 bits per heavy atom. The van der Waals surface area contributed by atoms with Gasteiger partial charge in [-0.05, 0) is 32.7 Å². The summed E-state index contributed by atoms with van der Waals surface area (Å²) in [5.74, 6) is 0.592.